The lowest BCUT2D eigenvalue weighted by Gasteiger charge is -2.12. The van der Waals surface area contributed by atoms with E-state index in [4.69, 9.17) is 0 Å². The van der Waals surface area contributed by atoms with Crippen LogP contribution in [-0.2, 0) is 18.3 Å². The fourth-order valence-electron chi connectivity index (χ4n) is 1.49. The van der Waals surface area contributed by atoms with Crippen molar-refractivity contribution in [2.45, 2.75) is 25.8 Å². The number of nitrogens with one attached hydrogen (secondary N) is 1. The summed E-state index contributed by atoms with van der Waals surface area (Å²) in [5.74, 6) is -0.102. The Morgan fingerprint density at radius 2 is 2.47 bits per heavy atom. The van der Waals surface area contributed by atoms with Gasteiger partial charge in [-0.3, -0.25) is 4.79 Å². The first kappa shape index (κ1) is 11.6. The molecule has 0 fully saturated rings. The summed E-state index contributed by atoms with van der Waals surface area (Å²) in [6.07, 6.45) is 5.25. The highest BCUT2D eigenvalue weighted by atomic mass is 16.1. The number of aromatic nitrogens is 1. The molecule has 1 rings (SSSR count). The van der Waals surface area contributed by atoms with E-state index in [9.17, 15) is 4.79 Å². The molecule has 3 nitrogen and oxygen atoms in total. The fraction of sp³-hybridized carbons (Fsp3) is 0.417. The number of rotatable bonds is 5. The molecule has 1 aromatic heterocycles. The number of carbonyl (C=O) groups excluding carboxylic acids is 1. The van der Waals surface area contributed by atoms with E-state index >= 15 is 0 Å². The molecule has 1 heterocycles. The van der Waals surface area contributed by atoms with Crippen LogP contribution in [0.1, 0.15) is 19.0 Å². The molecule has 1 amide bonds. The number of nitrogens with zero attached hydrogens (tertiary/aromatic N) is 1. The molecule has 1 aromatic rings. The van der Waals surface area contributed by atoms with E-state index in [1.165, 1.54) is 11.8 Å². The number of carbonyl (C=O) groups is 1. The summed E-state index contributed by atoms with van der Waals surface area (Å²) in [7, 11) is 2.03. The Kier molecular flexibility index (Phi) is 4.16. The maximum Gasteiger partial charge on any atom is 0.243 e. The van der Waals surface area contributed by atoms with Crippen molar-refractivity contribution in [2.75, 3.05) is 0 Å². The van der Waals surface area contributed by atoms with Crippen molar-refractivity contribution in [3.8, 4) is 0 Å². The van der Waals surface area contributed by atoms with E-state index in [1.807, 2.05) is 26.2 Å². The van der Waals surface area contributed by atoms with Crippen LogP contribution in [0.3, 0.4) is 0 Å². The number of hydrogen-bond donors (Lipinski definition) is 1. The maximum absolute atomic E-state index is 11.0. The lowest BCUT2D eigenvalue weighted by atomic mass is 10.1. The largest absolute Gasteiger partial charge is 0.354 e. The summed E-state index contributed by atoms with van der Waals surface area (Å²) in [5, 5.41) is 2.85. The minimum atomic E-state index is -0.102. The monoisotopic (exact) mass is 206 g/mol. The van der Waals surface area contributed by atoms with Crippen LogP contribution in [0.15, 0.2) is 31.0 Å². The van der Waals surface area contributed by atoms with E-state index in [-0.39, 0.29) is 11.9 Å². The molecule has 0 aromatic carbocycles. The second-order valence-electron chi connectivity index (χ2n) is 3.76. The lowest BCUT2D eigenvalue weighted by molar-refractivity contribution is -0.117. The van der Waals surface area contributed by atoms with E-state index in [0.29, 0.717) is 0 Å². The number of amides is 1. The minimum absolute atomic E-state index is 0.102. The Hall–Kier alpha value is -1.51. The van der Waals surface area contributed by atoms with Crippen molar-refractivity contribution in [1.82, 2.24) is 9.88 Å². The molecule has 0 aliphatic carbocycles. The first-order valence-corrected chi connectivity index (χ1v) is 5.16. The average Bonchev–Trinajstić information content (AvgIpc) is 2.61. The summed E-state index contributed by atoms with van der Waals surface area (Å²) in [4.78, 5) is 11.0. The van der Waals surface area contributed by atoms with Crippen molar-refractivity contribution >= 4 is 5.91 Å². The molecule has 1 N–H and O–H groups in total. The van der Waals surface area contributed by atoms with Crippen molar-refractivity contribution in [3.05, 3.63) is 36.7 Å². The van der Waals surface area contributed by atoms with Crippen LogP contribution in [0.25, 0.3) is 0 Å². The van der Waals surface area contributed by atoms with Crippen LogP contribution in [0.2, 0.25) is 0 Å². The Bertz CT molecular complexity index is 341. The van der Waals surface area contributed by atoms with Crippen molar-refractivity contribution < 1.29 is 4.79 Å². The van der Waals surface area contributed by atoms with E-state index < -0.39 is 0 Å². The van der Waals surface area contributed by atoms with Crippen LogP contribution in [0, 0.1) is 0 Å². The second kappa shape index (κ2) is 5.39. The molecule has 0 radical (unpaired) electrons. The molecule has 1 unspecified atom stereocenters. The summed E-state index contributed by atoms with van der Waals surface area (Å²) < 4.78 is 2.10. The second-order valence-corrected chi connectivity index (χ2v) is 3.76. The molecule has 0 spiro atoms. The van der Waals surface area contributed by atoms with Crippen molar-refractivity contribution in [1.29, 1.82) is 0 Å². The summed E-state index contributed by atoms with van der Waals surface area (Å²) in [6, 6.07) is 4.31. The zero-order valence-corrected chi connectivity index (χ0v) is 9.36. The minimum Gasteiger partial charge on any atom is -0.354 e. The summed E-state index contributed by atoms with van der Waals surface area (Å²) in [5.41, 5.74) is 1.29. The number of hydrogen-bond acceptors (Lipinski definition) is 1. The smallest absolute Gasteiger partial charge is 0.243 e. The van der Waals surface area contributed by atoms with Gasteiger partial charge in [0.2, 0.25) is 5.91 Å². The van der Waals surface area contributed by atoms with Gasteiger partial charge in [-0.25, -0.2) is 0 Å². The van der Waals surface area contributed by atoms with Gasteiger partial charge in [-0.05, 0) is 38.0 Å². The Morgan fingerprint density at radius 1 is 1.73 bits per heavy atom. The Labute approximate surface area is 90.8 Å². The normalized spacial score (nSPS) is 12.1. The fourth-order valence-corrected chi connectivity index (χ4v) is 1.49. The summed E-state index contributed by atoms with van der Waals surface area (Å²) >= 11 is 0. The molecule has 0 aliphatic heterocycles. The number of aryl methyl sites for hydroxylation is 2. The summed E-state index contributed by atoms with van der Waals surface area (Å²) in [6.45, 7) is 5.43. The van der Waals surface area contributed by atoms with Gasteiger partial charge in [0.15, 0.2) is 0 Å². The average molecular weight is 206 g/mol. The lowest BCUT2D eigenvalue weighted by Crippen LogP contribution is -2.31. The standard InChI is InChI=1S/C12H18N2O/c1-4-12(15)13-10(2)7-8-11-6-5-9-14(11)3/h4-6,9-10H,1,7-8H2,2-3H3,(H,13,15). The van der Waals surface area contributed by atoms with Crippen LogP contribution in [-0.4, -0.2) is 16.5 Å². The molecule has 82 valence electrons. The van der Waals surface area contributed by atoms with Crippen LogP contribution < -0.4 is 5.32 Å². The maximum atomic E-state index is 11.0. The third-order valence-electron chi connectivity index (χ3n) is 2.46. The molecule has 0 aliphatic rings. The van der Waals surface area contributed by atoms with Crippen LogP contribution in [0.5, 0.6) is 0 Å². The molecular formula is C12H18N2O. The first-order valence-electron chi connectivity index (χ1n) is 5.16. The molecule has 3 heteroatoms. The molecule has 1 atom stereocenters. The predicted octanol–water partition coefficient (Wildman–Crippen LogP) is 1.65. The van der Waals surface area contributed by atoms with Gasteiger partial charge < -0.3 is 9.88 Å². The zero-order chi connectivity index (χ0) is 11.3. The third-order valence-corrected chi connectivity index (χ3v) is 2.46. The quantitative estimate of drug-likeness (QED) is 0.730. The van der Waals surface area contributed by atoms with Gasteiger partial charge in [0.05, 0.1) is 0 Å². The van der Waals surface area contributed by atoms with E-state index in [2.05, 4.69) is 22.5 Å². The van der Waals surface area contributed by atoms with Crippen LogP contribution in [0.4, 0.5) is 0 Å². The first-order chi connectivity index (χ1) is 7.13. The van der Waals surface area contributed by atoms with Gasteiger partial charge in [-0.2, -0.15) is 0 Å². The Morgan fingerprint density at radius 3 is 3.00 bits per heavy atom. The van der Waals surface area contributed by atoms with Gasteiger partial charge in [-0.15, -0.1) is 0 Å². The highest BCUT2D eigenvalue weighted by Crippen LogP contribution is 2.05. The van der Waals surface area contributed by atoms with Crippen molar-refractivity contribution in [3.63, 3.8) is 0 Å². The molecular weight excluding hydrogens is 188 g/mol. The SMILES string of the molecule is C=CC(=O)NC(C)CCc1cccn1C. The molecule has 0 saturated heterocycles. The highest BCUT2D eigenvalue weighted by Gasteiger charge is 2.05. The topological polar surface area (TPSA) is 34.0 Å². The Balaban J connectivity index is 2.34. The van der Waals surface area contributed by atoms with Gasteiger partial charge in [0.1, 0.15) is 0 Å². The van der Waals surface area contributed by atoms with Crippen LogP contribution >= 0.6 is 0 Å². The zero-order valence-electron chi connectivity index (χ0n) is 9.36. The third kappa shape index (κ3) is 3.62. The van der Waals surface area contributed by atoms with Gasteiger partial charge in [0, 0.05) is 25.0 Å². The van der Waals surface area contributed by atoms with Gasteiger partial charge >= 0.3 is 0 Å². The van der Waals surface area contributed by atoms with E-state index in [0.717, 1.165) is 12.8 Å². The molecule has 0 saturated carbocycles. The van der Waals surface area contributed by atoms with Gasteiger partial charge in [0.25, 0.3) is 0 Å². The van der Waals surface area contributed by atoms with Gasteiger partial charge in [-0.1, -0.05) is 6.58 Å². The predicted molar refractivity (Wildman–Crippen MR) is 61.5 cm³/mol. The molecule has 0 bridgehead atoms. The highest BCUT2D eigenvalue weighted by molar-refractivity contribution is 5.87. The molecule has 15 heavy (non-hydrogen) atoms. The van der Waals surface area contributed by atoms with Crippen molar-refractivity contribution in [2.24, 2.45) is 7.05 Å². The van der Waals surface area contributed by atoms with E-state index in [1.54, 1.807) is 0 Å².